The molecule has 1 aromatic heterocycles. The van der Waals surface area contributed by atoms with Crippen LogP contribution in [0, 0.1) is 6.92 Å². The van der Waals surface area contributed by atoms with E-state index in [-0.39, 0.29) is 18.3 Å². The number of aliphatic hydroxyl groups is 1. The molecule has 0 bridgehead atoms. The Morgan fingerprint density at radius 2 is 1.97 bits per heavy atom. The highest BCUT2D eigenvalue weighted by Gasteiger charge is 2.36. The van der Waals surface area contributed by atoms with Gasteiger partial charge in [0.1, 0.15) is 18.1 Å². The largest absolute Gasteiger partial charge is 0.746 e. The molecular weight excluding hydrogens is 441 g/mol. The first-order valence-electron chi connectivity index (χ1n) is 9.52. The number of H-pyrrole nitrogens is 1. The molecule has 0 saturated carbocycles. The van der Waals surface area contributed by atoms with Crippen molar-refractivity contribution in [1.82, 2.24) is 15.7 Å². The number of nitrogens with zero attached hydrogens (tertiary/aromatic N) is 1. The summed E-state index contributed by atoms with van der Waals surface area (Å²) in [6.45, 7) is 1.03. The van der Waals surface area contributed by atoms with Crippen molar-refractivity contribution in [2.24, 2.45) is 0 Å². The normalized spacial score (nSPS) is 22.3. The van der Waals surface area contributed by atoms with E-state index in [9.17, 15) is 24.2 Å². The van der Waals surface area contributed by atoms with Crippen LogP contribution in [0.1, 0.15) is 18.2 Å². The molecule has 1 saturated heterocycles. The van der Waals surface area contributed by atoms with Crippen LogP contribution in [-0.2, 0) is 13.8 Å². The second-order valence-electron chi connectivity index (χ2n) is 7.22. The summed E-state index contributed by atoms with van der Waals surface area (Å²) in [6, 6.07) is 12.1. The summed E-state index contributed by atoms with van der Waals surface area (Å²) in [5.41, 5.74) is -0.911. The van der Waals surface area contributed by atoms with Gasteiger partial charge in [0, 0.05) is 23.6 Å². The molecule has 2 aromatic carbocycles. The molecule has 1 fully saturated rings. The number of aryl methyl sites for hydroxylation is 1. The Bertz CT molecular complexity index is 1270. The zero-order chi connectivity index (χ0) is 22.2. The van der Waals surface area contributed by atoms with Crippen LogP contribution in [0.3, 0.4) is 0 Å². The molecule has 4 atom stereocenters. The number of aromatic nitrogens is 2. The highest BCUT2D eigenvalue weighted by molar-refractivity contribution is 7.46. The standard InChI is InChI=1S/C20H21N2O8P.H3N/c1-12-10-22(20(25)21-19(12)24)18-9-15(23)17(29-18)11-28-31(26,27)30-16-8-4-6-13-5-2-3-7-14(13)16;/h2-8,10,15,17-18,23H,9,11H2,1H3,(H,26,27)(H,21,24,25);1H3/t15-,17+,18+;/m0./s1. The molecule has 1 unspecified atom stereocenters. The third kappa shape index (κ3) is 4.99. The van der Waals surface area contributed by atoms with E-state index in [0.717, 1.165) is 9.95 Å². The zero-order valence-corrected chi connectivity index (χ0v) is 18.4. The minimum Gasteiger partial charge on any atom is -0.746 e. The number of phosphoric ester groups is 1. The predicted molar refractivity (Wildman–Crippen MR) is 115 cm³/mol. The summed E-state index contributed by atoms with van der Waals surface area (Å²) < 4.78 is 29.1. The Kier molecular flexibility index (Phi) is 6.99. The van der Waals surface area contributed by atoms with Crippen LogP contribution < -0.4 is 26.8 Å². The van der Waals surface area contributed by atoms with Gasteiger partial charge in [-0.25, -0.2) is 4.79 Å². The third-order valence-electron chi connectivity index (χ3n) is 5.02. The van der Waals surface area contributed by atoms with Gasteiger partial charge >= 0.3 is 13.5 Å². The lowest BCUT2D eigenvalue weighted by Gasteiger charge is -2.26. The van der Waals surface area contributed by atoms with Gasteiger partial charge in [-0.1, -0.05) is 36.4 Å². The van der Waals surface area contributed by atoms with Crippen LogP contribution in [0.5, 0.6) is 5.75 Å². The summed E-state index contributed by atoms with van der Waals surface area (Å²) in [7, 11) is -4.77. The van der Waals surface area contributed by atoms with Crippen LogP contribution in [0.4, 0.5) is 0 Å². The van der Waals surface area contributed by atoms with E-state index in [0.29, 0.717) is 10.9 Å². The molecule has 1 aliphatic rings. The number of hydrogen-bond acceptors (Lipinski definition) is 8. The van der Waals surface area contributed by atoms with E-state index < -0.39 is 44.1 Å². The van der Waals surface area contributed by atoms with E-state index in [1.54, 1.807) is 18.2 Å². The molecule has 2 heterocycles. The summed E-state index contributed by atoms with van der Waals surface area (Å²) in [5.74, 6) is 0.123. The van der Waals surface area contributed by atoms with E-state index in [1.807, 2.05) is 18.2 Å². The van der Waals surface area contributed by atoms with Crippen molar-refractivity contribution in [2.45, 2.75) is 31.8 Å². The molecule has 4 rings (SSSR count). The van der Waals surface area contributed by atoms with Gasteiger partial charge in [-0.05, 0) is 18.4 Å². The van der Waals surface area contributed by atoms with Gasteiger partial charge in [0.05, 0.1) is 12.7 Å². The topological polar surface area (TPSA) is 179 Å². The van der Waals surface area contributed by atoms with Crippen molar-refractivity contribution in [2.75, 3.05) is 6.61 Å². The molecule has 172 valence electrons. The maximum Gasteiger partial charge on any atom is 0.330 e. The van der Waals surface area contributed by atoms with Crippen molar-refractivity contribution >= 4 is 18.6 Å². The van der Waals surface area contributed by atoms with Gasteiger partial charge in [0.25, 0.3) is 5.56 Å². The van der Waals surface area contributed by atoms with Gasteiger partial charge in [-0.15, -0.1) is 0 Å². The first kappa shape index (κ1) is 23.9. The highest BCUT2D eigenvalue weighted by atomic mass is 31.2. The monoisotopic (exact) mass is 465 g/mol. The van der Waals surface area contributed by atoms with Crippen molar-refractivity contribution < 1.29 is 28.3 Å². The number of hydrogen-bond donors (Lipinski definition) is 3. The number of fused-ring (bicyclic) bond motifs is 1. The van der Waals surface area contributed by atoms with Crippen LogP contribution in [0.2, 0.25) is 0 Å². The lowest BCUT2D eigenvalue weighted by atomic mass is 10.1. The summed E-state index contributed by atoms with van der Waals surface area (Å²) >= 11 is 0. The Labute approximate surface area is 182 Å². The van der Waals surface area contributed by atoms with Crippen molar-refractivity contribution in [3.05, 3.63) is 75.1 Å². The molecule has 11 nitrogen and oxygen atoms in total. The third-order valence-corrected chi connectivity index (χ3v) is 5.90. The first-order valence-corrected chi connectivity index (χ1v) is 11.0. The molecule has 12 heteroatoms. The van der Waals surface area contributed by atoms with E-state index >= 15 is 0 Å². The number of ether oxygens (including phenoxy) is 1. The first-order chi connectivity index (χ1) is 14.7. The van der Waals surface area contributed by atoms with Crippen LogP contribution in [0.15, 0.2) is 58.3 Å². The maximum atomic E-state index is 12.3. The predicted octanol–water partition coefficient (Wildman–Crippen LogP) is 1.59. The van der Waals surface area contributed by atoms with Crippen LogP contribution >= 0.6 is 7.82 Å². The summed E-state index contributed by atoms with van der Waals surface area (Å²) in [6.07, 6.45) is -1.63. The number of rotatable bonds is 6. The molecule has 3 aromatic rings. The molecular formula is C20H24N3O8P. The van der Waals surface area contributed by atoms with E-state index in [1.165, 1.54) is 19.2 Å². The average molecular weight is 465 g/mol. The number of phosphoric acid groups is 1. The minimum atomic E-state index is -4.77. The number of aliphatic hydroxyl groups excluding tert-OH is 1. The quantitative estimate of drug-likeness (QED) is 0.459. The van der Waals surface area contributed by atoms with Crippen LogP contribution in [0.25, 0.3) is 10.8 Å². The van der Waals surface area contributed by atoms with E-state index in [4.69, 9.17) is 13.8 Å². The van der Waals surface area contributed by atoms with Gasteiger partial charge in [0.2, 0.25) is 0 Å². The minimum absolute atomic E-state index is 0. The second kappa shape index (κ2) is 9.37. The second-order valence-corrected chi connectivity index (χ2v) is 8.56. The van der Waals surface area contributed by atoms with E-state index in [2.05, 4.69) is 4.98 Å². The molecule has 32 heavy (non-hydrogen) atoms. The molecule has 6 N–H and O–H groups in total. The molecule has 0 aliphatic carbocycles. The number of nitrogens with one attached hydrogen (secondary N) is 1. The summed E-state index contributed by atoms with van der Waals surface area (Å²) in [4.78, 5) is 38.0. The number of benzene rings is 2. The molecule has 0 amide bonds. The molecule has 1 aliphatic heterocycles. The number of quaternary nitrogens is 1. The van der Waals surface area contributed by atoms with Gasteiger partial charge in [-0.3, -0.25) is 18.9 Å². The highest BCUT2D eigenvalue weighted by Crippen LogP contribution is 2.43. The zero-order valence-electron chi connectivity index (χ0n) is 17.5. The fourth-order valence-electron chi connectivity index (χ4n) is 3.42. The Morgan fingerprint density at radius 3 is 2.75 bits per heavy atom. The lowest BCUT2D eigenvalue weighted by Crippen LogP contribution is -2.33. The van der Waals surface area contributed by atoms with Crippen molar-refractivity contribution in [3.63, 3.8) is 0 Å². The average Bonchev–Trinajstić information content (AvgIpc) is 3.10. The Morgan fingerprint density at radius 1 is 1.25 bits per heavy atom. The SMILES string of the molecule is Cc1cn([C@H]2C[C@H](O)[C@@H](COP(=O)([O-])Oc3cccc4ccccc34)O2)c(=O)[nH]c1=O.[NH4+]. The number of aromatic amines is 1. The Balaban J connectivity index is 0.00000289. The van der Waals surface area contributed by atoms with Gasteiger partial charge < -0.3 is 29.9 Å². The maximum absolute atomic E-state index is 12.3. The fraction of sp³-hybridized carbons (Fsp3) is 0.300. The lowest BCUT2D eigenvalue weighted by molar-refractivity contribution is -0.220. The van der Waals surface area contributed by atoms with Crippen molar-refractivity contribution in [3.8, 4) is 5.75 Å². The summed E-state index contributed by atoms with van der Waals surface area (Å²) in [5, 5.41) is 11.6. The van der Waals surface area contributed by atoms with Crippen LogP contribution in [-0.4, -0.2) is 33.5 Å². The van der Waals surface area contributed by atoms with Gasteiger partial charge in [0.15, 0.2) is 0 Å². The molecule has 0 spiro atoms. The smallest absolute Gasteiger partial charge is 0.330 e. The fourth-order valence-corrected chi connectivity index (χ4v) is 4.21. The molecule has 0 radical (unpaired) electrons. The van der Waals surface area contributed by atoms with Gasteiger partial charge in [-0.2, -0.15) is 0 Å². The Hall–Kier alpha value is -2.79. The van der Waals surface area contributed by atoms with Crippen molar-refractivity contribution in [1.29, 1.82) is 0 Å².